The average molecular weight is 229 g/mol. The van der Waals surface area contributed by atoms with Crippen LogP contribution in [0.4, 0.5) is 0 Å². The van der Waals surface area contributed by atoms with Crippen LogP contribution in [-0.4, -0.2) is 11.4 Å². The summed E-state index contributed by atoms with van der Waals surface area (Å²) in [5.74, 6) is 0. The van der Waals surface area contributed by atoms with E-state index < -0.39 is 0 Å². The quantitative estimate of drug-likeness (QED) is 0.796. The second-order valence-corrected chi connectivity index (χ2v) is 3.28. The topological polar surface area (TPSA) is 42.0 Å². The van der Waals surface area contributed by atoms with Crippen molar-refractivity contribution >= 4 is 22.3 Å². The maximum atomic E-state index is 9.98. The number of hydrogen-bond acceptors (Lipinski definition) is 2. The largest absolute Gasteiger partial charge is 0.353 e. The van der Waals surface area contributed by atoms with E-state index in [9.17, 15) is 4.79 Å². The molecule has 1 aromatic heterocycles. The van der Waals surface area contributed by atoms with Gasteiger partial charge in [0, 0.05) is 10.7 Å². The van der Waals surface area contributed by atoms with Gasteiger partial charge in [-0.1, -0.05) is 0 Å². The molecule has 0 aliphatic carbocycles. The maximum Gasteiger partial charge on any atom is 0.207 e. The first-order valence-electron chi connectivity index (χ1n) is 3.52. The van der Waals surface area contributed by atoms with Crippen molar-refractivity contribution in [1.82, 2.24) is 10.3 Å². The lowest BCUT2D eigenvalue weighted by molar-refractivity contribution is -0.109. The van der Waals surface area contributed by atoms with Crippen LogP contribution in [0.2, 0.25) is 0 Å². The molecule has 0 aliphatic rings. The Balaban J connectivity index is 2.75. The Morgan fingerprint density at radius 2 is 2.50 bits per heavy atom. The zero-order valence-corrected chi connectivity index (χ0v) is 8.26. The van der Waals surface area contributed by atoms with Crippen LogP contribution in [0, 0.1) is 6.92 Å². The van der Waals surface area contributed by atoms with Crippen molar-refractivity contribution in [1.29, 1.82) is 0 Å². The van der Waals surface area contributed by atoms with Gasteiger partial charge in [0.05, 0.1) is 12.2 Å². The molecule has 1 N–H and O–H groups in total. The molecule has 0 bridgehead atoms. The number of amides is 1. The summed E-state index contributed by atoms with van der Waals surface area (Å²) < 4.78 is 0.984. The number of hydrogen-bond donors (Lipinski definition) is 1. The zero-order chi connectivity index (χ0) is 8.97. The molecule has 0 fully saturated rings. The van der Waals surface area contributed by atoms with E-state index >= 15 is 0 Å². The van der Waals surface area contributed by atoms with Crippen molar-refractivity contribution in [3.8, 4) is 0 Å². The molecule has 0 aromatic carbocycles. The Kier molecular flexibility index (Phi) is 3.22. The molecular weight excluding hydrogens is 220 g/mol. The molecule has 1 rings (SSSR count). The summed E-state index contributed by atoms with van der Waals surface area (Å²) in [5, 5.41) is 2.55. The van der Waals surface area contributed by atoms with Gasteiger partial charge in [0.2, 0.25) is 6.41 Å². The van der Waals surface area contributed by atoms with E-state index in [2.05, 4.69) is 26.2 Å². The van der Waals surface area contributed by atoms with Crippen LogP contribution in [0.3, 0.4) is 0 Å². The Hall–Kier alpha value is -0.900. The van der Waals surface area contributed by atoms with E-state index in [1.54, 1.807) is 6.20 Å². The molecule has 3 nitrogen and oxygen atoms in total. The fourth-order valence-electron chi connectivity index (χ4n) is 0.840. The highest BCUT2D eigenvalue weighted by Crippen LogP contribution is 2.14. The van der Waals surface area contributed by atoms with E-state index in [0.717, 1.165) is 15.7 Å². The normalized spacial score (nSPS) is 9.50. The highest BCUT2D eigenvalue weighted by atomic mass is 79.9. The van der Waals surface area contributed by atoms with Crippen molar-refractivity contribution in [3.63, 3.8) is 0 Å². The molecule has 1 aromatic rings. The number of aromatic nitrogens is 1. The molecule has 4 heteroatoms. The lowest BCUT2D eigenvalue weighted by Crippen LogP contribution is -2.11. The van der Waals surface area contributed by atoms with Gasteiger partial charge in [-0.05, 0) is 34.5 Å². The monoisotopic (exact) mass is 228 g/mol. The third-order valence-electron chi connectivity index (χ3n) is 1.47. The first-order valence-corrected chi connectivity index (χ1v) is 4.31. The van der Waals surface area contributed by atoms with Gasteiger partial charge in [0.15, 0.2) is 0 Å². The van der Waals surface area contributed by atoms with Crippen LogP contribution in [0.25, 0.3) is 0 Å². The molecule has 0 saturated carbocycles. The van der Waals surface area contributed by atoms with Gasteiger partial charge >= 0.3 is 0 Å². The van der Waals surface area contributed by atoms with Crippen molar-refractivity contribution < 1.29 is 4.79 Å². The molecule has 0 radical (unpaired) electrons. The number of rotatable bonds is 3. The molecule has 64 valence electrons. The fourth-order valence-corrected chi connectivity index (χ4v) is 1.06. The smallest absolute Gasteiger partial charge is 0.207 e. The molecule has 0 unspecified atom stereocenters. The zero-order valence-electron chi connectivity index (χ0n) is 6.67. The Morgan fingerprint density at radius 3 is 3.08 bits per heavy atom. The van der Waals surface area contributed by atoms with Gasteiger partial charge < -0.3 is 5.32 Å². The van der Waals surface area contributed by atoms with Crippen molar-refractivity contribution in [2.24, 2.45) is 0 Å². The van der Waals surface area contributed by atoms with Crippen LogP contribution < -0.4 is 5.32 Å². The summed E-state index contributed by atoms with van der Waals surface area (Å²) in [6.45, 7) is 2.47. The Labute approximate surface area is 79.3 Å². The number of nitrogens with zero attached hydrogens (tertiary/aromatic N) is 1. The van der Waals surface area contributed by atoms with Gasteiger partial charge in [0.25, 0.3) is 0 Å². The van der Waals surface area contributed by atoms with Crippen molar-refractivity contribution in [2.45, 2.75) is 13.5 Å². The molecule has 12 heavy (non-hydrogen) atoms. The van der Waals surface area contributed by atoms with Crippen LogP contribution in [0.1, 0.15) is 11.3 Å². The minimum absolute atomic E-state index is 0.484. The van der Waals surface area contributed by atoms with Crippen LogP contribution >= 0.6 is 15.9 Å². The minimum atomic E-state index is 0.484. The summed E-state index contributed by atoms with van der Waals surface area (Å²) >= 11 is 3.35. The van der Waals surface area contributed by atoms with Crippen LogP contribution in [0.15, 0.2) is 16.7 Å². The molecule has 1 heterocycles. The standard InChI is InChI=1S/C8H9BrN2O/c1-6-2-7(3-10-5-12)11-4-8(6)9/h2,4-5H,3H2,1H3,(H,10,12). The third kappa shape index (κ3) is 2.30. The molecule has 1 amide bonds. The highest BCUT2D eigenvalue weighted by molar-refractivity contribution is 9.10. The first kappa shape index (κ1) is 9.19. The van der Waals surface area contributed by atoms with Crippen LogP contribution in [-0.2, 0) is 11.3 Å². The number of aryl methyl sites for hydroxylation is 1. The molecule has 0 aliphatic heterocycles. The van der Waals surface area contributed by atoms with Gasteiger partial charge in [-0.25, -0.2) is 0 Å². The predicted molar refractivity (Wildman–Crippen MR) is 49.6 cm³/mol. The third-order valence-corrected chi connectivity index (χ3v) is 2.30. The Morgan fingerprint density at radius 1 is 1.75 bits per heavy atom. The van der Waals surface area contributed by atoms with Crippen molar-refractivity contribution in [2.75, 3.05) is 0 Å². The number of halogens is 1. The summed E-state index contributed by atoms with van der Waals surface area (Å²) in [5.41, 5.74) is 1.98. The van der Waals surface area contributed by atoms with E-state index in [0.29, 0.717) is 13.0 Å². The van der Waals surface area contributed by atoms with Gasteiger partial charge in [-0.15, -0.1) is 0 Å². The maximum absolute atomic E-state index is 9.98. The first-order chi connectivity index (χ1) is 5.74. The number of carbonyl (C=O) groups excluding carboxylic acids is 1. The van der Waals surface area contributed by atoms with Gasteiger partial charge in [0.1, 0.15) is 0 Å². The van der Waals surface area contributed by atoms with E-state index in [4.69, 9.17) is 0 Å². The summed E-state index contributed by atoms with van der Waals surface area (Å²) in [6.07, 6.45) is 2.40. The number of pyridine rings is 1. The Bertz CT molecular complexity index is 288. The number of carbonyl (C=O) groups is 1. The molecular formula is C8H9BrN2O. The molecule has 0 saturated heterocycles. The average Bonchev–Trinajstić information content (AvgIpc) is 2.07. The van der Waals surface area contributed by atoms with Gasteiger partial charge in [-0.2, -0.15) is 0 Å². The van der Waals surface area contributed by atoms with Crippen molar-refractivity contribution in [3.05, 3.63) is 28.0 Å². The summed E-state index contributed by atoms with van der Waals surface area (Å²) in [6, 6.07) is 1.93. The predicted octanol–water partition coefficient (Wildman–Crippen LogP) is 1.40. The van der Waals surface area contributed by atoms with Gasteiger partial charge in [-0.3, -0.25) is 9.78 Å². The molecule has 0 spiro atoms. The second-order valence-electron chi connectivity index (χ2n) is 2.42. The minimum Gasteiger partial charge on any atom is -0.353 e. The highest BCUT2D eigenvalue weighted by Gasteiger charge is 1.97. The fraction of sp³-hybridized carbons (Fsp3) is 0.250. The summed E-state index contributed by atoms with van der Waals surface area (Å²) in [4.78, 5) is 14.1. The van der Waals surface area contributed by atoms with E-state index in [1.165, 1.54) is 0 Å². The van der Waals surface area contributed by atoms with E-state index in [-0.39, 0.29) is 0 Å². The molecule has 0 atom stereocenters. The second kappa shape index (κ2) is 4.21. The lowest BCUT2D eigenvalue weighted by Gasteiger charge is -2.01. The number of nitrogens with one attached hydrogen (secondary N) is 1. The lowest BCUT2D eigenvalue weighted by atomic mass is 10.2. The summed E-state index contributed by atoms with van der Waals surface area (Å²) in [7, 11) is 0. The van der Waals surface area contributed by atoms with Crippen LogP contribution in [0.5, 0.6) is 0 Å². The van der Waals surface area contributed by atoms with E-state index in [1.807, 2.05) is 13.0 Å². The SMILES string of the molecule is Cc1cc(CNC=O)ncc1Br.